The average Bonchev–Trinajstić information content (AvgIpc) is 2.76. The third kappa shape index (κ3) is 8.21. The first-order chi connectivity index (χ1) is 14.6. The zero-order valence-electron chi connectivity index (χ0n) is 17.2. The number of rotatable bonds is 9. The molecule has 5 heteroatoms. The molecule has 0 saturated carbocycles. The highest BCUT2D eigenvalue weighted by Crippen LogP contribution is 2.31. The lowest BCUT2D eigenvalue weighted by Gasteiger charge is -2.09. The highest BCUT2D eigenvalue weighted by Gasteiger charge is 2.28. The average molecular weight is 425 g/mol. The Balaban J connectivity index is 0.000000735. The molecule has 1 N–H and O–H groups in total. The quantitative estimate of drug-likeness (QED) is 0.357. The monoisotopic (exact) mass is 424 g/mol. The van der Waals surface area contributed by atoms with Gasteiger partial charge in [-0.2, -0.15) is 0 Å². The van der Waals surface area contributed by atoms with Gasteiger partial charge in [-0.3, -0.25) is 0 Å². The number of benzene rings is 3. The lowest BCUT2D eigenvalue weighted by atomic mass is 10.2. The summed E-state index contributed by atoms with van der Waals surface area (Å²) in [6, 6.07) is 30.1. The minimum absolute atomic E-state index is 0.0885. The summed E-state index contributed by atoms with van der Waals surface area (Å²) in [7, 11) is -0.0885. The molecule has 0 aliphatic heterocycles. The van der Waals surface area contributed by atoms with Gasteiger partial charge in [0.25, 0.3) is 0 Å². The minimum Gasteiger partial charge on any atom is -0.565 e. The van der Waals surface area contributed by atoms with E-state index < -0.39 is 6.16 Å². The van der Waals surface area contributed by atoms with Crippen LogP contribution in [-0.4, -0.2) is 17.9 Å². The van der Waals surface area contributed by atoms with Crippen LogP contribution in [0.4, 0.5) is 4.79 Å². The zero-order chi connectivity index (χ0) is 21.6. The van der Waals surface area contributed by atoms with Gasteiger partial charge in [-0.25, -0.2) is 0 Å². The van der Waals surface area contributed by atoms with Gasteiger partial charge in [0.2, 0.25) is 6.16 Å². The molecular formula is C25H28O4S. The van der Waals surface area contributed by atoms with Crippen LogP contribution in [0.15, 0.2) is 99.6 Å². The van der Waals surface area contributed by atoms with Gasteiger partial charge >= 0.3 is 0 Å². The fourth-order valence-corrected chi connectivity index (χ4v) is 5.00. The summed E-state index contributed by atoms with van der Waals surface area (Å²) in [6.07, 6.45) is 2.85. The van der Waals surface area contributed by atoms with E-state index in [1.54, 1.807) is 0 Å². The summed E-state index contributed by atoms with van der Waals surface area (Å²) in [6.45, 7) is 3.04. The first-order valence-electron chi connectivity index (χ1n) is 10.1. The van der Waals surface area contributed by atoms with Crippen LogP contribution >= 0.6 is 0 Å². The summed E-state index contributed by atoms with van der Waals surface area (Å²) >= 11 is 0. The largest absolute Gasteiger partial charge is 0.565 e. The third-order valence-electron chi connectivity index (χ3n) is 4.28. The molecule has 30 heavy (non-hydrogen) atoms. The molecule has 0 unspecified atom stereocenters. The van der Waals surface area contributed by atoms with Crippen LogP contribution in [0.25, 0.3) is 0 Å². The van der Waals surface area contributed by atoms with Gasteiger partial charge in [0.15, 0.2) is 14.7 Å². The van der Waals surface area contributed by atoms with Crippen molar-refractivity contribution in [2.24, 2.45) is 0 Å². The number of carbonyl (C=O) groups is 1. The van der Waals surface area contributed by atoms with E-state index in [-0.39, 0.29) is 10.9 Å². The van der Waals surface area contributed by atoms with Crippen molar-refractivity contribution in [2.75, 3.05) is 6.61 Å². The van der Waals surface area contributed by atoms with E-state index in [1.165, 1.54) is 33.9 Å². The highest BCUT2D eigenvalue weighted by atomic mass is 32.2. The number of unbranched alkanes of at least 4 members (excludes halogenated alkanes) is 3. The van der Waals surface area contributed by atoms with E-state index >= 15 is 0 Å². The summed E-state index contributed by atoms with van der Waals surface area (Å²) in [4.78, 5) is 12.4. The van der Waals surface area contributed by atoms with Crippen LogP contribution in [-0.2, 0) is 10.9 Å². The number of ether oxygens (including phenoxy) is 1. The van der Waals surface area contributed by atoms with Gasteiger partial charge in [-0.1, -0.05) is 62.6 Å². The predicted molar refractivity (Wildman–Crippen MR) is 119 cm³/mol. The molecule has 0 aliphatic carbocycles. The van der Waals surface area contributed by atoms with Crippen molar-refractivity contribution < 1.29 is 19.7 Å². The van der Waals surface area contributed by atoms with Crippen LogP contribution in [0.2, 0.25) is 0 Å². The van der Waals surface area contributed by atoms with Gasteiger partial charge < -0.3 is 19.7 Å². The number of carboxylic acid groups (broad SMARTS) is 2. The zero-order valence-corrected chi connectivity index (χ0v) is 18.0. The number of hydrogen-bond donors (Lipinski definition) is 1. The minimum atomic E-state index is -2.08. The van der Waals surface area contributed by atoms with Crippen molar-refractivity contribution in [3.05, 3.63) is 84.9 Å². The molecule has 0 saturated heterocycles. The van der Waals surface area contributed by atoms with E-state index in [1.807, 2.05) is 0 Å². The Morgan fingerprint density at radius 2 is 1.27 bits per heavy atom. The molecule has 0 bridgehead atoms. The first-order valence-corrected chi connectivity index (χ1v) is 11.3. The fourth-order valence-electron chi connectivity index (χ4n) is 2.91. The molecule has 0 heterocycles. The normalized spacial score (nSPS) is 10.2. The molecule has 3 rings (SSSR count). The van der Waals surface area contributed by atoms with Gasteiger partial charge in [0.1, 0.15) is 5.75 Å². The Labute approximate surface area is 181 Å². The van der Waals surface area contributed by atoms with Crippen molar-refractivity contribution in [3.63, 3.8) is 0 Å². The Morgan fingerprint density at radius 3 is 1.73 bits per heavy atom. The maximum absolute atomic E-state index is 8.44. The second-order valence-corrected chi connectivity index (χ2v) is 8.61. The van der Waals surface area contributed by atoms with Gasteiger partial charge in [0.05, 0.1) is 17.5 Å². The number of hydrogen-bond acceptors (Lipinski definition) is 3. The third-order valence-corrected chi connectivity index (χ3v) is 6.51. The topological polar surface area (TPSA) is 69.6 Å². The molecule has 3 aromatic rings. The molecule has 4 nitrogen and oxygen atoms in total. The molecule has 158 valence electrons. The summed E-state index contributed by atoms with van der Waals surface area (Å²) in [5.41, 5.74) is 0. The van der Waals surface area contributed by atoms with E-state index in [2.05, 4.69) is 91.9 Å². The maximum Gasteiger partial charge on any atom is 0.249 e. The van der Waals surface area contributed by atoms with Crippen LogP contribution < -0.4 is 9.84 Å². The van der Waals surface area contributed by atoms with Crippen LogP contribution in [0.1, 0.15) is 32.6 Å². The second kappa shape index (κ2) is 13.3. The summed E-state index contributed by atoms with van der Waals surface area (Å²) < 4.78 is 5.90. The Morgan fingerprint density at radius 1 is 0.800 bits per heavy atom. The van der Waals surface area contributed by atoms with Crippen LogP contribution in [0, 0.1) is 0 Å². The van der Waals surface area contributed by atoms with E-state index in [4.69, 9.17) is 19.7 Å². The van der Waals surface area contributed by atoms with Gasteiger partial charge in [-0.05, 0) is 55.0 Å². The van der Waals surface area contributed by atoms with Gasteiger partial charge in [0, 0.05) is 0 Å². The SMILES string of the molecule is CCCCCCOc1ccc([S+](c2ccccc2)c2ccccc2)cc1.O=C([O-])O. The van der Waals surface area contributed by atoms with Crippen LogP contribution in [0.5, 0.6) is 5.75 Å². The predicted octanol–water partition coefficient (Wildman–Crippen LogP) is 5.63. The Kier molecular flexibility index (Phi) is 10.4. The van der Waals surface area contributed by atoms with Crippen molar-refractivity contribution in [2.45, 2.75) is 47.3 Å². The maximum atomic E-state index is 8.44. The van der Waals surface area contributed by atoms with Crippen molar-refractivity contribution in [3.8, 4) is 5.75 Å². The molecule has 0 aliphatic rings. The Hall–Kier alpha value is -2.92. The smallest absolute Gasteiger partial charge is 0.249 e. The molecule has 3 aromatic carbocycles. The fraction of sp³-hybridized carbons (Fsp3) is 0.240. The molecule has 0 amide bonds. The van der Waals surface area contributed by atoms with E-state index in [9.17, 15) is 0 Å². The highest BCUT2D eigenvalue weighted by molar-refractivity contribution is 7.97. The lowest BCUT2D eigenvalue weighted by molar-refractivity contribution is -0.275. The first kappa shape index (κ1) is 23.4. The molecule has 0 aromatic heterocycles. The molecular weight excluding hydrogens is 396 g/mol. The standard InChI is InChI=1S/C24H27OS.CH2O3/c1-2-3-4-11-20-25-21-16-18-24(19-17-21)26(22-12-7-5-8-13-22)23-14-9-6-10-15-23;2-1(3)4/h5-10,12-19H,2-4,11,20H2,1H3;(H2,2,3,4)/q+1;/p-1. The van der Waals surface area contributed by atoms with Crippen molar-refractivity contribution >= 4 is 17.1 Å². The van der Waals surface area contributed by atoms with E-state index in [0.29, 0.717) is 0 Å². The molecule has 0 atom stereocenters. The summed E-state index contributed by atoms with van der Waals surface area (Å²) in [5.74, 6) is 0.968. The second-order valence-electron chi connectivity index (χ2n) is 6.58. The van der Waals surface area contributed by atoms with Crippen molar-refractivity contribution in [1.82, 2.24) is 0 Å². The van der Waals surface area contributed by atoms with Gasteiger partial charge in [-0.15, -0.1) is 0 Å². The lowest BCUT2D eigenvalue weighted by Crippen LogP contribution is -2.17. The van der Waals surface area contributed by atoms with E-state index in [0.717, 1.165) is 18.8 Å². The molecule has 0 spiro atoms. The summed E-state index contributed by atoms with van der Waals surface area (Å²) in [5, 5.41) is 15.3. The van der Waals surface area contributed by atoms with Crippen molar-refractivity contribution in [1.29, 1.82) is 0 Å². The van der Waals surface area contributed by atoms with Crippen LogP contribution in [0.3, 0.4) is 0 Å². The Bertz CT molecular complexity index is 808. The molecule has 0 radical (unpaired) electrons. The molecule has 0 fully saturated rings.